The molecule has 0 aliphatic carbocycles. The van der Waals surface area contributed by atoms with Gasteiger partial charge in [0, 0.05) is 12.6 Å². The predicted octanol–water partition coefficient (Wildman–Crippen LogP) is 2.28. The Labute approximate surface area is 166 Å². The third kappa shape index (κ3) is 5.13. The third-order valence-corrected chi connectivity index (χ3v) is 4.09. The lowest BCUT2D eigenvalue weighted by Gasteiger charge is -2.07. The summed E-state index contributed by atoms with van der Waals surface area (Å²) < 4.78 is 16.1. The molecule has 0 saturated heterocycles. The first-order valence-corrected chi connectivity index (χ1v) is 8.80. The number of hydrogen-bond donors (Lipinski definition) is 2. The van der Waals surface area contributed by atoms with Crippen molar-refractivity contribution in [2.75, 3.05) is 20.3 Å². The standard InChI is InChI=1S/C21H19NO7/c1-27-14-4-2-13(3-5-14)10-18-21(26)16-7-6-15(11-17(16)29-18)28-12-19(23)22-9-8-20(24)25/h2-7,10-11H,8-9,12H2,1H3,(H,22,23)(H,24,25). The van der Waals surface area contributed by atoms with Crippen molar-refractivity contribution < 1.29 is 33.7 Å². The molecule has 29 heavy (non-hydrogen) atoms. The summed E-state index contributed by atoms with van der Waals surface area (Å²) in [6.07, 6.45) is 1.47. The van der Waals surface area contributed by atoms with Crippen LogP contribution in [0.25, 0.3) is 6.08 Å². The average Bonchev–Trinajstić information content (AvgIpc) is 3.01. The van der Waals surface area contributed by atoms with Crippen molar-refractivity contribution in [3.05, 3.63) is 59.4 Å². The molecular formula is C21H19NO7. The van der Waals surface area contributed by atoms with Crippen molar-refractivity contribution in [3.8, 4) is 17.2 Å². The Balaban J connectivity index is 1.62. The minimum atomic E-state index is -0.995. The maximum absolute atomic E-state index is 12.5. The number of methoxy groups -OCH3 is 1. The average molecular weight is 397 g/mol. The Morgan fingerprint density at radius 3 is 2.55 bits per heavy atom. The van der Waals surface area contributed by atoms with Gasteiger partial charge in [0.05, 0.1) is 19.1 Å². The van der Waals surface area contributed by atoms with Gasteiger partial charge in [0.15, 0.2) is 12.4 Å². The summed E-state index contributed by atoms with van der Waals surface area (Å²) in [4.78, 5) is 34.6. The van der Waals surface area contributed by atoms with E-state index in [9.17, 15) is 14.4 Å². The number of carbonyl (C=O) groups is 3. The topological polar surface area (TPSA) is 111 Å². The molecule has 0 unspecified atom stereocenters. The summed E-state index contributed by atoms with van der Waals surface area (Å²) >= 11 is 0. The number of fused-ring (bicyclic) bond motifs is 1. The van der Waals surface area contributed by atoms with E-state index in [-0.39, 0.29) is 31.1 Å². The van der Waals surface area contributed by atoms with Crippen LogP contribution in [-0.4, -0.2) is 43.0 Å². The maximum atomic E-state index is 12.5. The number of Topliss-reactive ketones (excluding diaryl/α,β-unsaturated/α-hetero) is 1. The van der Waals surface area contributed by atoms with E-state index >= 15 is 0 Å². The number of aliphatic carboxylic acids is 1. The van der Waals surface area contributed by atoms with Crippen molar-refractivity contribution >= 4 is 23.7 Å². The zero-order valence-electron chi connectivity index (χ0n) is 15.6. The SMILES string of the molecule is COc1ccc(C=C2Oc3cc(OCC(=O)NCCC(=O)O)ccc3C2=O)cc1. The number of amides is 1. The molecule has 0 spiro atoms. The fourth-order valence-electron chi connectivity index (χ4n) is 2.62. The molecule has 8 heteroatoms. The molecule has 1 aliphatic rings. The zero-order valence-corrected chi connectivity index (χ0v) is 15.6. The van der Waals surface area contributed by atoms with Crippen LogP contribution in [-0.2, 0) is 9.59 Å². The first-order chi connectivity index (χ1) is 14.0. The fourth-order valence-corrected chi connectivity index (χ4v) is 2.62. The van der Waals surface area contributed by atoms with Gasteiger partial charge in [0.2, 0.25) is 5.78 Å². The molecule has 1 aliphatic heterocycles. The van der Waals surface area contributed by atoms with Crippen LogP contribution in [0.3, 0.4) is 0 Å². The number of ketones is 1. The summed E-state index contributed by atoms with van der Waals surface area (Å²) in [6.45, 7) is -0.250. The van der Waals surface area contributed by atoms with Crippen LogP contribution in [0.4, 0.5) is 0 Å². The second-order valence-electron chi connectivity index (χ2n) is 6.15. The summed E-state index contributed by atoms with van der Waals surface area (Å²) in [5, 5.41) is 11.0. The smallest absolute Gasteiger partial charge is 0.305 e. The van der Waals surface area contributed by atoms with E-state index in [1.807, 2.05) is 12.1 Å². The molecule has 2 aromatic carbocycles. The van der Waals surface area contributed by atoms with Gasteiger partial charge in [-0.1, -0.05) is 12.1 Å². The molecule has 2 aromatic rings. The zero-order chi connectivity index (χ0) is 20.8. The highest BCUT2D eigenvalue weighted by Gasteiger charge is 2.27. The quantitative estimate of drug-likeness (QED) is 0.658. The van der Waals surface area contributed by atoms with Crippen LogP contribution in [0.5, 0.6) is 17.2 Å². The normalized spacial score (nSPS) is 13.6. The lowest BCUT2D eigenvalue weighted by atomic mass is 10.1. The molecule has 8 nitrogen and oxygen atoms in total. The van der Waals surface area contributed by atoms with Crippen LogP contribution in [0.1, 0.15) is 22.3 Å². The number of benzene rings is 2. The minimum absolute atomic E-state index is 0.0266. The molecule has 0 bridgehead atoms. The van der Waals surface area contributed by atoms with E-state index in [1.165, 1.54) is 6.07 Å². The second kappa shape index (κ2) is 8.92. The van der Waals surface area contributed by atoms with Crippen LogP contribution >= 0.6 is 0 Å². The lowest BCUT2D eigenvalue weighted by molar-refractivity contribution is -0.137. The number of rotatable bonds is 8. The fraction of sp³-hybridized carbons (Fsp3) is 0.190. The summed E-state index contributed by atoms with van der Waals surface area (Å²) in [6, 6.07) is 11.9. The highest BCUT2D eigenvalue weighted by Crippen LogP contribution is 2.35. The Morgan fingerprint density at radius 2 is 1.86 bits per heavy atom. The van der Waals surface area contributed by atoms with Crippen molar-refractivity contribution in [2.45, 2.75) is 6.42 Å². The minimum Gasteiger partial charge on any atom is -0.497 e. The number of carboxylic acid groups (broad SMARTS) is 1. The number of carboxylic acids is 1. The molecule has 1 heterocycles. The first kappa shape index (κ1) is 19.9. The van der Waals surface area contributed by atoms with Gasteiger partial charge in [0.1, 0.15) is 17.2 Å². The van der Waals surface area contributed by atoms with Gasteiger partial charge in [-0.3, -0.25) is 14.4 Å². The van der Waals surface area contributed by atoms with Crippen LogP contribution in [0, 0.1) is 0 Å². The lowest BCUT2D eigenvalue weighted by Crippen LogP contribution is -2.30. The number of allylic oxidation sites excluding steroid dienone is 1. The van der Waals surface area contributed by atoms with E-state index in [0.717, 1.165) is 5.56 Å². The first-order valence-electron chi connectivity index (χ1n) is 8.80. The highest BCUT2D eigenvalue weighted by atomic mass is 16.5. The summed E-state index contributed by atoms with van der Waals surface area (Å²) in [5.74, 6) is -0.0754. The molecule has 0 aromatic heterocycles. The molecule has 1 amide bonds. The van der Waals surface area contributed by atoms with Crippen LogP contribution < -0.4 is 19.5 Å². The van der Waals surface area contributed by atoms with E-state index in [4.69, 9.17) is 19.3 Å². The number of carbonyl (C=O) groups excluding carboxylic acids is 2. The maximum Gasteiger partial charge on any atom is 0.305 e. The van der Waals surface area contributed by atoms with Gasteiger partial charge in [-0.25, -0.2) is 0 Å². The molecule has 150 valence electrons. The van der Waals surface area contributed by atoms with Crippen molar-refractivity contribution in [3.63, 3.8) is 0 Å². The van der Waals surface area contributed by atoms with Gasteiger partial charge in [-0.15, -0.1) is 0 Å². The molecular weight excluding hydrogens is 378 g/mol. The highest BCUT2D eigenvalue weighted by molar-refractivity contribution is 6.14. The van der Waals surface area contributed by atoms with Gasteiger partial charge in [-0.2, -0.15) is 0 Å². The van der Waals surface area contributed by atoms with E-state index in [1.54, 1.807) is 37.5 Å². The molecule has 0 fully saturated rings. The van der Waals surface area contributed by atoms with E-state index in [2.05, 4.69) is 5.32 Å². The summed E-state index contributed by atoms with van der Waals surface area (Å²) in [5.41, 5.74) is 1.19. The molecule has 0 saturated carbocycles. The van der Waals surface area contributed by atoms with Gasteiger partial charge < -0.3 is 24.6 Å². The largest absolute Gasteiger partial charge is 0.497 e. The van der Waals surface area contributed by atoms with E-state index < -0.39 is 11.9 Å². The van der Waals surface area contributed by atoms with Gasteiger partial charge in [-0.05, 0) is 35.9 Å². The molecule has 0 atom stereocenters. The van der Waals surface area contributed by atoms with Crippen molar-refractivity contribution in [1.82, 2.24) is 5.32 Å². The Morgan fingerprint density at radius 1 is 1.14 bits per heavy atom. The van der Waals surface area contributed by atoms with Crippen molar-refractivity contribution in [1.29, 1.82) is 0 Å². The molecule has 3 rings (SSSR count). The second-order valence-corrected chi connectivity index (χ2v) is 6.15. The summed E-state index contributed by atoms with van der Waals surface area (Å²) in [7, 11) is 1.58. The number of ether oxygens (including phenoxy) is 3. The van der Waals surface area contributed by atoms with Crippen LogP contribution in [0.2, 0.25) is 0 Å². The van der Waals surface area contributed by atoms with Gasteiger partial charge in [0.25, 0.3) is 5.91 Å². The number of hydrogen-bond acceptors (Lipinski definition) is 6. The molecule has 2 N–H and O–H groups in total. The van der Waals surface area contributed by atoms with Crippen molar-refractivity contribution in [2.24, 2.45) is 0 Å². The van der Waals surface area contributed by atoms with Crippen LogP contribution in [0.15, 0.2) is 48.2 Å². The Kier molecular flexibility index (Phi) is 6.13. The monoisotopic (exact) mass is 397 g/mol. The molecule has 0 radical (unpaired) electrons. The van der Waals surface area contributed by atoms with Gasteiger partial charge >= 0.3 is 5.97 Å². The third-order valence-electron chi connectivity index (χ3n) is 4.09. The predicted molar refractivity (Wildman–Crippen MR) is 103 cm³/mol. The Hall–Kier alpha value is -3.81. The van der Waals surface area contributed by atoms with E-state index in [0.29, 0.717) is 22.8 Å². The number of nitrogens with one attached hydrogen (secondary N) is 1. The Bertz CT molecular complexity index is 963.